The Bertz CT molecular complexity index is 756. The van der Waals surface area contributed by atoms with Crippen LogP contribution in [0.25, 0.3) is 0 Å². The molecule has 0 spiro atoms. The third-order valence-electron chi connectivity index (χ3n) is 4.64. The number of carbonyl (C=O) groups is 1. The standard InChI is InChI=1S/C20H21ClFNO3/c21-18-10-16(22)6-7-17(18)19(20(24)25)23-9-8-15(11-23)13-26-12-14-4-2-1-3-5-14/h1-7,10,15,19H,8-9,11-13H2,(H,24,25). The van der Waals surface area contributed by atoms with E-state index in [0.29, 0.717) is 31.9 Å². The van der Waals surface area contributed by atoms with Gasteiger partial charge in [-0.25, -0.2) is 4.39 Å². The van der Waals surface area contributed by atoms with Gasteiger partial charge in [-0.15, -0.1) is 0 Å². The molecule has 3 rings (SSSR count). The Morgan fingerprint density at radius 2 is 2.08 bits per heavy atom. The number of carboxylic acids is 1. The van der Waals surface area contributed by atoms with Gasteiger partial charge in [0.15, 0.2) is 0 Å². The number of ether oxygens (including phenoxy) is 1. The quantitative estimate of drug-likeness (QED) is 0.787. The first kappa shape index (κ1) is 18.8. The van der Waals surface area contributed by atoms with Crippen molar-refractivity contribution < 1.29 is 19.0 Å². The van der Waals surface area contributed by atoms with Crippen LogP contribution < -0.4 is 0 Å². The number of nitrogens with zero attached hydrogens (tertiary/aromatic N) is 1. The zero-order chi connectivity index (χ0) is 18.5. The molecule has 1 fully saturated rings. The second-order valence-corrected chi connectivity index (χ2v) is 6.96. The fraction of sp³-hybridized carbons (Fsp3) is 0.350. The van der Waals surface area contributed by atoms with Crippen LogP contribution in [0.15, 0.2) is 48.5 Å². The fourth-order valence-electron chi connectivity index (χ4n) is 3.36. The van der Waals surface area contributed by atoms with Crippen LogP contribution in [-0.2, 0) is 16.1 Å². The molecule has 6 heteroatoms. The molecule has 138 valence electrons. The van der Waals surface area contributed by atoms with E-state index in [1.54, 1.807) is 0 Å². The van der Waals surface area contributed by atoms with Crippen molar-refractivity contribution in [3.05, 3.63) is 70.5 Å². The van der Waals surface area contributed by atoms with Crippen molar-refractivity contribution >= 4 is 17.6 Å². The molecule has 1 heterocycles. The minimum absolute atomic E-state index is 0.140. The van der Waals surface area contributed by atoms with Gasteiger partial charge in [-0.05, 0) is 42.1 Å². The van der Waals surface area contributed by atoms with Crippen LogP contribution in [0.5, 0.6) is 0 Å². The first-order valence-corrected chi connectivity index (χ1v) is 8.96. The van der Waals surface area contributed by atoms with Gasteiger partial charge in [-0.2, -0.15) is 0 Å². The van der Waals surface area contributed by atoms with Crippen LogP contribution in [0.1, 0.15) is 23.6 Å². The van der Waals surface area contributed by atoms with E-state index in [0.717, 1.165) is 18.1 Å². The molecule has 0 aromatic heterocycles. The van der Waals surface area contributed by atoms with Crippen molar-refractivity contribution in [2.45, 2.75) is 19.1 Å². The van der Waals surface area contributed by atoms with Crippen LogP contribution in [0.2, 0.25) is 5.02 Å². The first-order chi connectivity index (χ1) is 12.5. The molecule has 0 radical (unpaired) electrons. The molecule has 0 amide bonds. The molecule has 0 bridgehead atoms. The highest BCUT2D eigenvalue weighted by molar-refractivity contribution is 6.31. The lowest BCUT2D eigenvalue weighted by Gasteiger charge is -2.25. The summed E-state index contributed by atoms with van der Waals surface area (Å²) < 4.78 is 19.1. The Hall–Kier alpha value is -1.95. The second kappa shape index (κ2) is 8.62. The van der Waals surface area contributed by atoms with E-state index in [-0.39, 0.29) is 10.9 Å². The molecule has 0 saturated carbocycles. The van der Waals surface area contributed by atoms with Crippen molar-refractivity contribution in [2.75, 3.05) is 19.7 Å². The average Bonchev–Trinajstić information content (AvgIpc) is 3.06. The SMILES string of the molecule is O=C(O)C(c1ccc(F)cc1Cl)N1CCC(COCc2ccccc2)C1. The van der Waals surface area contributed by atoms with E-state index in [9.17, 15) is 14.3 Å². The van der Waals surface area contributed by atoms with Crippen LogP contribution in [0, 0.1) is 11.7 Å². The Morgan fingerprint density at radius 3 is 2.77 bits per heavy atom. The molecule has 1 saturated heterocycles. The fourth-order valence-corrected chi connectivity index (χ4v) is 3.63. The summed E-state index contributed by atoms with van der Waals surface area (Å²) in [4.78, 5) is 13.7. The number of likely N-dealkylation sites (tertiary alicyclic amines) is 1. The Morgan fingerprint density at radius 1 is 1.31 bits per heavy atom. The van der Waals surface area contributed by atoms with Gasteiger partial charge in [0, 0.05) is 11.6 Å². The van der Waals surface area contributed by atoms with Crippen LogP contribution in [0.4, 0.5) is 4.39 Å². The lowest BCUT2D eigenvalue weighted by Crippen LogP contribution is -2.33. The normalized spacial score (nSPS) is 18.8. The molecular weight excluding hydrogens is 357 g/mol. The maximum Gasteiger partial charge on any atom is 0.325 e. The van der Waals surface area contributed by atoms with Crippen molar-refractivity contribution in [2.24, 2.45) is 5.92 Å². The van der Waals surface area contributed by atoms with E-state index >= 15 is 0 Å². The Labute approximate surface area is 157 Å². The number of halogens is 2. The molecule has 2 aromatic carbocycles. The van der Waals surface area contributed by atoms with Crippen molar-refractivity contribution in [3.8, 4) is 0 Å². The maximum absolute atomic E-state index is 13.3. The van der Waals surface area contributed by atoms with E-state index in [1.807, 2.05) is 35.2 Å². The van der Waals surface area contributed by atoms with E-state index in [4.69, 9.17) is 16.3 Å². The zero-order valence-corrected chi connectivity index (χ0v) is 15.0. The number of carboxylic acid groups (broad SMARTS) is 1. The predicted octanol–water partition coefficient (Wildman–Crippen LogP) is 4.14. The van der Waals surface area contributed by atoms with E-state index in [1.165, 1.54) is 12.1 Å². The molecule has 4 nitrogen and oxygen atoms in total. The zero-order valence-electron chi connectivity index (χ0n) is 14.3. The molecule has 2 aromatic rings. The van der Waals surface area contributed by atoms with Gasteiger partial charge in [-0.1, -0.05) is 48.0 Å². The maximum atomic E-state index is 13.3. The topological polar surface area (TPSA) is 49.8 Å². The van der Waals surface area contributed by atoms with Crippen LogP contribution >= 0.6 is 11.6 Å². The van der Waals surface area contributed by atoms with Gasteiger partial charge in [0.25, 0.3) is 0 Å². The Balaban J connectivity index is 1.59. The summed E-state index contributed by atoms with van der Waals surface area (Å²) in [5.41, 5.74) is 1.54. The molecule has 1 aliphatic rings. The highest BCUT2D eigenvalue weighted by Gasteiger charge is 2.34. The third kappa shape index (κ3) is 4.61. The lowest BCUT2D eigenvalue weighted by molar-refractivity contribution is -0.143. The molecule has 2 atom stereocenters. The van der Waals surface area contributed by atoms with Crippen LogP contribution in [0.3, 0.4) is 0 Å². The predicted molar refractivity (Wildman–Crippen MR) is 97.6 cm³/mol. The lowest BCUT2D eigenvalue weighted by atomic mass is 10.1. The summed E-state index contributed by atoms with van der Waals surface area (Å²) in [6.07, 6.45) is 0.859. The summed E-state index contributed by atoms with van der Waals surface area (Å²) in [7, 11) is 0. The van der Waals surface area contributed by atoms with Gasteiger partial charge >= 0.3 is 5.97 Å². The van der Waals surface area contributed by atoms with Gasteiger partial charge in [0.1, 0.15) is 11.9 Å². The highest BCUT2D eigenvalue weighted by Crippen LogP contribution is 2.32. The van der Waals surface area contributed by atoms with Gasteiger partial charge < -0.3 is 9.84 Å². The number of aliphatic carboxylic acids is 1. The van der Waals surface area contributed by atoms with Gasteiger partial charge in [-0.3, -0.25) is 9.69 Å². The summed E-state index contributed by atoms with van der Waals surface area (Å²) in [5.74, 6) is -1.19. The average molecular weight is 378 g/mol. The minimum atomic E-state index is -0.982. The second-order valence-electron chi connectivity index (χ2n) is 6.56. The van der Waals surface area contributed by atoms with Gasteiger partial charge in [0.05, 0.1) is 13.2 Å². The summed E-state index contributed by atoms with van der Waals surface area (Å²) in [5, 5.41) is 9.81. The molecule has 26 heavy (non-hydrogen) atoms. The molecule has 2 unspecified atom stereocenters. The van der Waals surface area contributed by atoms with Gasteiger partial charge in [0.2, 0.25) is 0 Å². The summed E-state index contributed by atoms with van der Waals surface area (Å²) in [6.45, 7) is 2.38. The molecule has 0 aliphatic carbocycles. The van der Waals surface area contributed by atoms with E-state index < -0.39 is 17.8 Å². The first-order valence-electron chi connectivity index (χ1n) is 8.58. The highest BCUT2D eigenvalue weighted by atomic mass is 35.5. The minimum Gasteiger partial charge on any atom is -0.480 e. The van der Waals surface area contributed by atoms with E-state index in [2.05, 4.69) is 0 Å². The third-order valence-corrected chi connectivity index (χ3v) is 4.97. The molecule has 1 N–H and O–H groups in total. The number of hydrogen-bond donors (Lipinski definition) is 1. The van der Waals surface area contributed by atoms with Crippen molar-refractivity contribution in [3.63, 3.8) is 0 Å². The smallest absolute Gasteiger partial charge is 0.325 e. The van der Waals surface area contributed by atoms with Crippen molar-refractivity contribution in [1.82, 2.24) is 4.90 Å². The number of rotatable bonds is 7. The molecule has 1 aliphatic heterocycles. The monoisotopic (exact) mass is 377 g/mol. The largest absolute Gasteiger partial charge is 0.480 e. The van der Waals surface area contributed by atoms with Crippen LogP contribution in [-0.4, -0.2) is 35.7 Å². The number of hydrogen-bond acceptors (Lipinski definition) is 3. The van der Waals surface area contributed by atoms with Crippen molar-refractivity contribution in [1.29, 1.82) is 0 Å². The number of benzene rings is 2. The Kier molecular flexibility index (Phi) is 6.25. The summed E-state index contributed by atoms with van der Waals surface area (Å²) >= 11 is 6.08. The summed E-state index contributed by atoms with van der Waals surface area (Å²) in [6, 6.07) is 12.9. The molecular formula is C20H21ClFNO3.